The third-order valence-electron chi connectivity index (χ3n) is 4.54. The molecule has 0 bridgehead atoms. The van der Waals surface area contributed by atoms with E-state index in [0.29, 0.717) is 18.7 Å². The summed E-state index contributed by atoms with van der Waals surface area (Å²) in [6.45, 7) is 3.54. The Bertz CT molecular complexity index is 564. The fourth-order valence-corrected chi connectivity index (χ4v) is 3.06. The number of hydrogen-bond donors (Lipinski definition) is 2. The van der Waals surface area contributed by atoms with Crippen LogP contribution in [0.15, 0.2) is 23.2 Å². The first-order valence-corrected chi connectivity index (χ1v) is 9.17. The van der Waals surface area contributed by atoms with Crippen LogP contribution in [0.1, 0.15) is 51.0 Å². The number of nitrogens with one attached hydrogen (secondary N) is 2. The second kappa shape index (κ2) is 8.27. The van der Waals surface area contributed by atoms with Crippen molar-refractivity contribution >= 4 is 5.96 Å². The summed E-state index contributed by atoms with van der Waals surface area (Å²) in [7, 11) is 1.70. The minimum atomic E-state index is 0.307. The van der Waals surface area contributed by atoms with Gasteiger partial charge in [0.2, 0.25) is 0 Å². The van der Waals surface area contributed by atoms with Crippen LogP contribution >= 0.6 is 0 Å². The smallest absolute Gasteiger partial charge is 0.191 e. The molecule has 0 unspecified atom stereocenters. The molecular weight excluding hydrogens is 302 g/mol. The van der Waals surface area contributed by atoms with E-state index in [4.69, 9.17) is 14.5 Å². The molecule has 2 saturated carbocycles. The van der Waals surface area contributed by atoms with Gasteiger partial charge in [0.1, 0.15) is 0 Å². The van der Waals surface area contributed by atoms with Crippen molar-refractivity contribution in [1.82, 2.24) is 10.6 Å². The molecule has 2 fully saturated rings. The number of ether oxygens (including phenoxy) is 2. The van der Waals surface area contributed by atoms with Gasteiger partial charge in [0.15, 0.2) is 17.5 Å². The first-order valence-electron chi connectivity index (χ1n) is 9.17. The molecule has 0 saturated heterocycles. The molecule has 2 N–H and O–H groups in total. The number of methoxy groups -OCH3 is 1. The molecule has 2 aliphatic carbocycles. The number of aliphatic imine (C=N–C) groups is 1. The predicted octanol–water partition coefficient (Wildman–Crippen LogP) is 3.23. The van der Waals surface area contributed by atoms with E-state index in [0.717, 1.165) is 42.4 Å². The fraction of sp³-hybridized carbons (Fsp3) is 0.632. The first-order chi connectivity index (χ1) is 11.8. The Balaban J connectivity index is 1.74. The number of para-hydroxylation sites is 1. The minimum absolute atomic E-state index is 0.307. The van der Waals surface area contributed by atoms with Gasteiger partial charge in [-0.25, -0.2) is 4.99 Å². The standard InChI is InChI=1S/C19H29N3O2/c1-3-20-19(22-15-11-12-15)21-13-14-7-6-10-17(23-2)18(14)24-16-8-4-5-9-16/h6-7,10,15-16H,3-5,8-9,11-13H2,1-2H3,(H2,20,21,22). The van der Waals surface area contributed by atoms with Crippen LogP contribution in [-0.4, -0.2) is 31.8 Å². The number of guanidine groups is 1. The van der Waals surface area contributed by atoms with Gasteiger partial charge < -0.3 is 20.1 Å². The third-order valence-corrected chi connectivity index (χ3v) is 4.54. The zero-order chi connectivity index (χ0) is 16.8. The van der Waals surface area contributed by atoms with Gasteiger partial charge in [-0.2, -0.15) is 0 Å². The van der Waals surface area contributed by atoms with Crippen LogP contribution in [0.5, 0.6) is 11.5 Å². The molecule has 5 nitrogen and oxygen atoms in total. The van der Waals surface area contributed by atoms with Gasteiger partial charge >= 0.3 is 0 Å². The lowest BCUT2D eigenvalue weighted by Crippen LogP contribution is -2.38. The van der Waals surface area contributed by atoms with Crippen LogP contribution in [0.25, 0.3) is 0 Å². The summed E-state index contributed by atoms with van der Waals surface area (Å²) >= 11 is 0. The predicted molar refractivity (Wildman–Crippen MR) is 96.9 cm³/mol. The maximum Gasteiger partial charge on any atom is 0.191 e. The van der Waals surface area contributed by atoms with Crippen LogP contribution in [0, 0.1) is 0 Å². The average Bonchev–Trinajstić information content (AvgIpc) is 3.26. The molecule has 2 aliphatic rings. The Morgan fingerprint density at radius 2 is 2.00 bits per heavy atom. The summed E-state index contributed by atoms with van der Waals surface area (Å²) in [5, 5.41) is 6.76. The molecule has 0 radical (unpaired) electrons. The molecule has 0 aliphatic heterocycles. The Morgan fingerprint density at radius 3 is 2.67 bits per heavy atom. The highest BCUT2D eigenvalue weighted by atomic mass is 16.5. The van der Waals surface area contributed by atoms with Crippen molar-refractivity contribution in [2.24, 2.45) is 4.99 Å². The minimum Gasteiger partial charge on any atom is -0.493 e. The Kier molecular flexibility index (Phi) is 5.83. The second-order valence-corrected chi connectivity index (χ2v) is 6.59. The van der Waals surface area contributed by atoms with Crippen LogP contribution < -0.4 is 20.1 Å². The van der Waals surface area contributed by atoms with Gasteiger partial charge in [0, 0.05) is 18.2 Å². The summed E-state index contributed by atoms with van der Waals surface area (Å²) in [4.78, 5) is 4.73. The normalized spacial score (nSPS) is 18.5. The van der Waals surface area contributed by atoms with Crippen molar-refractivity contribution < 1.29 is 9.47 Å². The summed E-state index contributed by atoms with van der Waals surface area (Å²) < 4.78 is 11.8. The Morgan fingerprint density at radius 1 is 1.21 bits per heavy atom. The zero-order valence-electron chi connectivity index (χ0n) is 14.8. The molecule has 0 atom stereocenters. The van der Waals surface area contributed by atoms with Gasteiger partial charge in [-0.15, -0.1) is 0 Å². The van der Waals surface area contributed by atoms with E-state index in [1.807, 2.05) is 12.1 Å². The van der Waals surface area contributed by atoms with Crippen molar-refractivity contribution in [3.05, 3.63) is 23.8 Å². The highest BCUT2D eigenvalue weighted by Crippen LogP contribution is 2.35. The van der Waals surface area contributed by atoms with Crippen molar-refractivity contribution in [3.63, 3.8) is 0 Å². The number of nitrogens with zero attached hydrogens (tertiary/aromatic N) is 1. The van der Waals surface area contributed by atoms with Gasteiger partial charge in [-0.3, -0.25) is 0 Å². The van der Waals surface area contributed by atoms with Crippen LogP contribution in [0.2, 0.25) is 0 Å². The number of hydrogen-bond acceptors (Lipinski definition) is 3. The summed E-state index contributed by atoms with van der Waals surface area (Å²) in [5.41, 5.74) is 1.08. The second-order valence-electron chi connectivity index (χ2n) is 6.59. The van der Waals surface area contributed by atoms with E-state index < -0.39 is 0 Å². The molecule has 5 heteroatoms. The highest BCUT2D eigenvalue weighted by Gasteiger charge is 2.23. The van der Waals surface area contributed by atoms with E-state index >= 15 is 0 Å². The summed E-state index contributed by atoms with van der Waals surface area (Å²) in [6.07, 6.45) is 7.55. The van der Waals surface area contributed by atoms with Crippen LogP contribution in [0.4, 0.5) is 0 Å². The Hall–Kier alpha value is -1.91. The molecule has 1 aromatic rings. The molecular formula is C19H29N3O2. The molecule has 24 heavy (non-hydrogen) atoms. The van der Waals surface area contributed by atoms with Crippen molar-refractivity contribution in [1.29, 1.82) is 0 Å². The molecule has 0 spiro atoms. The van der Waals surface area contributed by atoms with Crippen molar-refractivity contribution in [2.75, 3.05) is 13.7 Å². The monoisotopic (exact) mass is 331 g/mol. The Labute approximate surface area is 144 Å². The van der Waals surface area contributed by atoms with Gasteiger partial charge in [-0.05, 0) is 51.5 Å². The van der Waals surface area contributed by atoms with Crippen molar-refractivity contribution in [3.8, 4) is 11.5 Å². The van der Waals surface area contributed by atoms with Crippen LogP contribution in [-0.2, 0) is 6.54 Å². The van der Waals surface area contributed by atoms with Gasteiger partial charge in [0.05, 0.1) is 19.8 Å². The van der Waals surface area contributed by atoms with Gasteiger partial charge in [-0.1, -0.05) is 12.1 Å². The molecule has 3 rings (SSSR count). The highest BCUT2D eigenvalue weighted by molar-refractivity contribution is 5.80. The lowest BCUT2D eigenvalue weighted by atomic mass is 10.1. The first kappa shape index (κ1) is 16.9. The van der Waals surface area contributed by atoms with Crippen LogP contribution in [0.3, 0.4) is 0 Å². The topological polar surface area (TPSA) is 54.9 Å². The summed E-state index contributed by atoms with van der Waals surface area (Å²) in [5.74, 6) is 2.54. The number of rotatable bonds is 7. The molecule has 0 aromatic heterocycles. The fourth-order valence-electron chi connectivity index (χ4n) is 3.06. The molecule has 132 valence electrons. The van der Waals surface area contributed by atoms with E-state index in [1.54, 1.807) is 7.11 Å². The van der Waals surface area contributed by atoms with E-state index in [-0.39, 0.29) is 0 Å². The third kappa shape index (κ3) is 4.56. The average molecular weight is 331 g/mol. The molecule has 1 aromatic carbocycles. The maximum absolute atomic E-state index is 6.28. The molecule has 0 amide bonds. The van der Waals surface area contributed by atoms with E-state index in [2.05, 4.69) is 23.6 Å². The van der Waals surface area contributed by atoms with E-state index in [9.17, 15) is 0 Å². The van der Waals surface area contributed by atoms with Crippen molar-refractivity contribution in [2.45, 2.75) is 64.1 Å². The largest absolute Gasteiger partial charge is 0.493 e. The number of benzene rings is 1. The van der Waals surface area contributed by atoms with Gasteiger partial charge in [0.25, 0.3) is 0 Å². The maximum atomic E-state index is 6.28. The zero-order valence-corrected chi connectivity index (χ0v) is 14.8. The lowest BCUT2D eigenvalue weighted by molar-refractivity contribution is 0.198. The lowest BCUT2D eigenvalue weighted by Gasteiger charge is -2.19. The SMILES string of the molecule is CCNC(=NCc1cccc(OC)c1OC1CCCC1)NC1CC1. The van der Waals surface area contributed by atoms with E-state index in [1.165, 1.54) is 25.7 Å². The summed E-state index contributed by atoms with van der Waals surface area (Å²) in [6, 6.07) is 6.64. The quantitative estimate of drug-likeness (QED) is 0.595. The molecule has 0 heterocycles.